The van der Waals surface area contributed by atoms with E-state index < -0.39 is 17.5 Å². The summed E-state index contributed by atoms with van der Waals surface area (Å²) in [4.78, 5) is 2.70. The van der Waals surface area contributed by atoms with E-state index in [1.165, 1.54) is 6.07 Å². The molecule has 2 nitrogen and oxygen atoms in total. The van der Waals surface area contributed by atoms with Crippen LogP contribution in [0.15, 0.2) is 28.7 Å². The van der Waals surface area contributed by atoms with Gasteiger partial charge >= 0.3 is 0 Å². The number of aromatic amines is 1. The van der Waals surface area contributed by atoms with Crippen LogP contribution in [0.25, 0.3) is 16.7 Å². The number of halogens is 5. The fraction of sp³-hybridized carbons (Fsp3) is 0. The molecule has 1 N–H and O–H groups in total. The van der Waals surface area contributed by atoms with Crippen molar-refractivity contribution in [2.45, 2.75) is 0 Å². The topological polar surface area (TPSA) is 20.7 Å². The lowest BCUT2D eigenvalue weighted by atomic mass is 10.2. The molecule has 1 heterocycles. The van der Waals surface area contributed by atoms with Crippen molar-refractivity contribution in [2.24, 2.45) is 0 Å². The van der Waals surface area contributed by atoms with Crippen LogP contribution in [0.3, 0.4) is 0 Å². The number of nitrogens with zero attached hydrogens (tertiary/aromatic N) is 1. The Hall–Kier alpha value is -1.31. The number of hydrogen-bond donors (Lipinski definition) is 1. The van der Waals surface area contributed by atoms with Gasteiger partial charge in [-0.05, 0) is 30.4 Å². The van der Waals surface area contributed by atoms with E-state index in [-0.39, 0.29) is 25.5 Å². The average molecular weight is 394 g/mol. The summed E-state index contributed by atoms with van der Waals surface area (Å²) in [5, 5.41) is -0.164. The second kappa shape index (κ2) is 5.15. The van der Waals surface area contributed by atoms with E-state index in [1.54, 1.807) is 0 Å². The maximum Gasteiger partial charge on any atom is 0.182 e. The molecule has 2 aromatic carbocycles. The van der Waals surface area contributed by atoms with Gasteiger partial charge in [0.05, 0.1) is 16.1 Å². The lowest BCUT2D eigenvalue weighted by Gasteiger charge is -2.08. The molecule has 3 aromatic rings. The van der Waals surface area contributed by atoms with Crippen LogP contribution in [-0.2, 0) is 0 Å². The Kier molecular flexibility index (Phi) is 3.59. The Bertz CT molecular complexity index is 912. The van der Waals surface area contributed by atoms with Crippen molar-refractivity contribution in [3.8, 4) is 5.69 Å². The lowest BCUT2D eigenvalue weighted by molar-refractivity contribution is 0.569. The summed E-state index contributed by atoms with van der Waals surface area (Å²) in [6, 6.07) is 4.62. The van der Waals surface area contributed by atoms with Crippen molar-refractivity contribution in [2.75, 3.05) is 0 Å². The summed E-state index contributed by atoms with van der Waals surface area (Å²) in [5.74, 6) is -2.26. The monoisotopic (exact) mass is 392 g/mol. The molecule has 0 saturated carbocycles. The third kappa shape index (κ3) is 2.39. The highest BCUT2D eigenvalue weighted by Crippen LogP contribution is 2.29. The Morgan fingerprint density at radius 1 is 1.05 bits per heavy atom. The zero-order valence-electron chi connectivity index (χ0n) is 10.1. The van der Waals surface area contributed by atoms with Gasteiger partial charge in [-0.3, -0.25) is 4.57 Å². The second-order valence-corrected chi connectivity index (χ2v) is 5.98. The Morgan fingerprint density at radius 3 is 2.29 bits per heavy atom. The molecule has 0 bridgehead atoms. The zero-order chi connectivity index (χ0) is 15.3. The van der Waals surface area contributed by atoms with Gasteiger partial charge in [-0.15, -0.1) is 0 Å². The van der Waals surface area contributed by atoms with E-state index in [9.17, 15) is 13.2 Å². The van der Waals surface area contributed by atoms with Crippen molar-refractivity contribution in [1.29, 1.82) is 0 Å². The van der Waals surface area contributed by atoms with E-state index in [4.69, 9.17) is 23.8 Å². The number of hydrogen-bond acceptors (Lipinski definition) is 1. The molecule has 3 rings (SSSR count). The highest BCUT2D eigenvalue weighted by atomic mass is 79.9. The van der Waals surface area contributed by atoms with Crippen molar-refractivity contribution in [3.63, 3.8) is 0 Å². The van der Waals surface area contributed by atoms with Crippen LogP contribution >= 0.6 is 39.7 Å². The molecule has 0 aliphatic rings. The minimum atomic E-state index is -0.806. The predicted octanol–water partition coefficient (Wildman–Crippen LogP) is 5.52. The molecule has 8 heteroatoms. The summed E-state index contributed by atoms with van der Waals surface area (Å²) < 4.78 is 43.1. The highest BCUT2D eigenvalue weighted by Gasteiger charge is 2.17. The van der Waals surface area contributed by atoms with Crippen molar-refractivity contribution in [1.82, 2.24) is 9.55 Å². The van der Waals surface area contributed by atoms with E-state index >= 15 is 0 Å². The lowest BCUT2D eigenvalue weighted by Crippen LogP contribution is -2.02. The molecule has 0 atom stereocenters. The minimum absolute atomic E-state index is 0.0341. The average Bonchev–Trinajstić information content (AvgIpc) is 2.66. The molecule has 0 aliphatic heterocycles. The molecule has 0 fully saturated rings. The largest absolute Gasteiger partial charge is 0.330 e. The summed E-state index contributed by atoms with van der Waals surface area (Å²) in [7, 11) is 0. The normalized spacial score (nSPS) is 11.3. The van der Waals surface area contributed by atoms with Crippen molar-refractivity contribution < 1.29 is 13.2 Å². The van der Waals surface area contributed by atoms with E-state index in [0.717, 1.165) is 22.8 Å². The number of fused-ring (bicyclic) bond motifs is 1. The van der Waals surface area contributed by atoms with Crippen LogP contribution in [0.5, 0.6) is 0 Å². The van der Waals surface area contributed by atoms with Crippen LogP contribution in [0.4, 0.5) is 13.2 Å². The Morgan fingerprint density at radius 2 is 1.67 bits per heavy atom. The predicted molar refractivity (Wildman–Crippen MR) is 81.0 cm³/mol. The number of rotatable bonds is 1. The van der Waals surface area contributed by atoms with Gasteiger partial charge in [-0.2, -0.15) is 0 Å². The maximum atomic E-state index is 14.1. The SMILES string of the molecule is Fc1cc2[nH]c(=S)n(-c3c(F)cc(Br)cc3F)c2cc1Cl. The molecular weight excluding hydrogens is 389 g/mol. The molecule has 0 saturated heterocycles. The molecule has 0 spiro atoms. The van der Waals surface area contributed by atoms with Gasteiger partial charge < -0.3 is 4.98 Å². The number of benzene rings is 2. The number of H-pyrrole nitrogens is 1. The van der Waals surface area contributed by atoms with Crippen LogP contribution in [-0.4, -0.2) is 9.55 Å². The fourth-order valence-electron chi connectivity index (χ4n) is 2.07. The van der Waals surface area contributed by atoms with Gasteiger partial charge in [0.25, 0.3) is 0 Å². The molecule has 0 amide bonds. The van der Waals surface area contributed by atoms with Crippen LogP contribution < -0.4 is 0 Å². The molecule has 0 aliphatic carbocycles. The third-order valence-corrected chi connectivity index (χ3v) is 3.96. The number of imidazole rings is 1. The Labute approximate surface area is 135 Å². The first-order valence-electron chi connectivity index (χ1n) is 5.63. The van der Waals surface area contributed by atoms with Crippen molar-refractivity contribution >= 4 is 50.8 Å². The van der Waals surface area contributed by atoms with Gasteiger partial charge in [0, 0.05) is 10.5 Å². The molecule has 21 heavy (non-hydrogen) atoms. The molecular formula is C13H5BrClF3N2S. The van der Waals surface area contributed by atoms with Gasteiger partial charge in [0.1, 0.15) is 11.5 Å². The summed E-state index contributed by atoms with van der Waals surface area (Å²) in [6.07, 6.45) is 0. The first kappa shape index (κ1) is 14.6. The quantitative estimate of drug-likeness (QED) is 0.540. The Balaban J connectivity index is 2.44. The smallest absolute Gasteiger partial charge is 0.182 e. The number of aromatic nitrogens is 2. The fourth-order valence-corrected chi connectivity index (χ4v) is 2.93. The molecule has 0 unspecified atom stereocenters. The maximum absolute atomic E-state index is 14.1. The zero-order valence-corrected chi connectivity index (χ0v) is 13.2. The summed E-state index contributed by atoms with van der Waals surface area (Å²) in [6.45, 7) is 0. The third-order valence-electron chi connectivity index (χ3n) is 2.93. The first-order chi connectivity index (χ1) is 9.88. The molecule has 0 radical (unpaired) electrons. The van der Waals surface area contributed by atoms with Crippen LogP contribution in [0.1, 0.15) is 0 Å². The van der Waals surface area contributed by atoms with Gasteiger partial charge in [-0.1, -0.05) is 27.5 Å². The number of nitrogens with one attached hydrogen (secondary N) is 1. The van der Waals surface area contributed by atoms with Crippen molar-refractivity contribution in [3.05, 3.63) is 56.0 Å². The van der Waals surface area contributed by atoms with Gasteiger partial charge in [-0.25, -0.2) is 13.2 Å². The van der Waals surface area contributed by atoms with E-state index in [1.807, 2.05) is 0 Å². The first-order valence-corrected chi connectivity index (χ1v) is 7.21. The van der Waals surface area contributed by atoms with Gasteiger partial charge in [0.15, 0.2) is 16.4 Å². The summed E-state index contributed by atoms with van der Waals surface area (Å²) in [5.41, 5.74) is 0.229. The van der Waals surface area contributed by atoms with E-state index in [2.05, 4.69) is 20.9 Å². The second-order valence-electron chi connectivity index (χ2n) is 4.27. The van der Waals surface area contributed by atoms with Gasteiger partial charge in [0.2, 0.25) is 0 Å². The molecule has 108 valence electrons. The highest BCUT2D eigenvalue weighted by molar-refractivity contribution is 9.10. The van der Waals surface area contributed by atoms with Crippen LogP contribution in [0, 0.1) is 22.2 Å². The van der Waals surface area contributed by atoms with E-state index in [0.29, 0.717) is 5.52 Å². The minimum Gasteiger partial charge on any atom is -0.330 e. The van der Waals surface area contributed by atoms with Crippen LogP contribution in [0.2, 0.25) is 5.02 Å². The molecule has 1 aromatic heterocycles. The summed E-state index contributed by atoms with van der Waals surface area (Å²) >= 11 is 13.8. The standard InChI is InChI=1S/C13H5BrClF3N2S/c14-5-1-8(17)12(9(18)2-5)20-11-3-6(15)7(16)4-10(11)19-13(20)21/h1-4H,(H,19,21).